The van der Waals surface area contributed by atoms with E-state index < -0.39 is 0 Å². The lowest BCUT2D eigenvalue weighted by Crippen LogP contribution is -2.30. The van der Waals surface area contributed by atoms with Gasteiger partial charge in [-0.05, 0) is 32.9 Å². The SMILES string of the molecule is CCNC(=O)[C@@H](C)Sc1nnc(-c2ccc(C)cc2)o1. The van der Waals surface area contributed by atoms with Crippen molar-refractivity contribution in [1.82, 2.24) is 15.5 Å². The summed E-state index contributed by atoms with van der Waals surface area (Å²) in [5.74, 6) is 0.434. The van der Waals surface area contributed by atoms with E-state index in [4.69, 9.17) is 4.42 Å². The molecular weight excluding hydrogens is 274 g/mol. The van der Waals surface area contributed by atoms with E-state index in [0.29, 0.717) is 17.7 Å². The Labute approximate surface area is 122 Å². The molecule has 1 amide bonds. The lowest BCUT2D eigenvalue weighted by atomic mass is 10.1. The summed E-state index contributed by atoms with van der Waals surface area (Å²) in [5, 5.41) is 10.9. The van der Waals surface area contributed by atoms with Crippen LogP contribution in [0.25, 0.3) is 11.5 Å². The monoisotopic (exact) mass is 291 g/mol. The Morgan fingerprint density at radius 2 is 2.05 bits per heavy atom. The van der Waals surface area contributed by atoms with Gasteiger partial charge in [-0.2, -0.15) is 0 Å². The number of amides is 1. The Bertz CT molecular complexity index is 580. The second kappa shape index (κ2) is 6.56. The van der Waals surface area contributed by atoms with Gasteiger partial charge in [0.25, 0.3) is 5.22 Å². The fourth-order valence-corrected chi connectivity index (χ4v) is 2.30. The van der Waals surface area contributed by atoms with Gasteiger partial charge in [0.05, 0.1) is 5.25 Å². The molecule has 1 aromatic heterocycles. The maximum absolute atomic E-state index is 11.6. The summed E-state index contributed by atoms with van der Waals surface area (Å²) < 4.78 is 5.57. The third-order valence-electron chi connectivity index (χ3n) is 2.70. The first kappa shape index (κ1) is 14.6. The van der Waals surface area contributed by atoms with Crippen LogP contribution in [0.2, 0.25) is 0 Å². The van der Waals surface area contributed by atoms with Gasteiger partial charge in [0.2, 0.25) is 11.8 Å². The van der Waals surface area contributed by atoms with Crippen LogP contribution in [0.15, 0.2) is 33.9 Å². The number of carbonyl (C=O) groups excluding carboxylic acids is 1. The number of rotatable bonds is 5. The third kappa shape index (κ3) is 3.60. The minimum Gasteiger partial charge on any atom is -0.411 e. The largest absolute Gasteiger partial charge is 0.411 e. The molecule has 2 rings (SSSR count). The van der Waals surface area contributed by atoms with Gasteiger partial charge in [0.15, 0.2) is 0 Å². The Morgan fingerprint density at radius 1 is 1.35 bits per heavy atom. The van der Waals surface area contributed by atoms with E-state index in [0.717, 1.165) is 5.56 Å². The van der Waals surface area contributed by atoms with E-state index in [1.54, 1.807) is 0 Å². The van der Waals surface area contributed by atoms with Gasteiger partial charge >= 0.3 is 0 Å². The van der Waals surface area contributed by atoms with Crippen LogP contribution in [0.1, 0.15) is 19.4 Å². The van der Waals surface area contributed by atoms with Gasteiger partial charge in [-0.15, -0.1) is 10.2 Å². The highest BCUT2D eigenvalue weighted by Gasteiger charge is 2.17. The molecule has 0 unspecified atom stereocenters. The van der Waals surface area contributed by atoms with Crippen molar-refractivity contribution in [1.29, 1.82) is 0 Å². The second-order valence-corrected chi connectivity index (χ2v) is 5.69. The summed E-state index contributed by atoms with van der Waals surface area (Å²) in [7, 11) is 0. The van der Waals surface area contributed by atoms with Crippen molar-refractivity contribution in [2.75, 3.05) is 6.54 Å². The molecule has 0 aliphatic carbocycles. The van der Waals surface area contributed by atoms with Gasteiger partial charge in [0, 0.05) is 12.1 Å². The summed E-state index contributed by atoms with van der Waals surface area (Å²) in [6, 6.07) is 7.85. The van der Waals surface area contributed by atoms with E-state index >= 15 is 0 Å². The van der Waals surface area contributed by atoms with E-state index in [1.807, 2.05) is 45.0 Å². The number of hydrogen-bond acceptors (Lipinski definition) is 5. The van der Waals surface area contributed by atoms with Gasteiger partial charge in [-0.1, -0.05) is 29.5 Å². The van der Waals surface area contributed by atoms with Crippen molar-refractivity contribution < 1.29 is 9.21 Å². The van der Waals surface area contributed by atoms with Crippen molar-refractivity contribution in [3.8, 4) is 11.5 Å². The highest BCUT2D eigenvalue weighted by atomic mass is 32.2. The Kier molecular flexibility index (Phi) is 4.79. The van der Waals surface area contributed by atoms with Crippen LogP contribution >= 0.6 is 11.8 Å². The molecule has 20 heavy (non-hydrogen) atoms. The molecule has 0 saturated heterocycles. The number of thioether (sulfide) groups is 1. The molecule has 1 N–H and O–H groups in total. The van der Waals surface area contributed by atoms with Crippen molar-refractivity contribution in [2.45, 2.75) is 31.2 Å². The summed E-state index contributed by atoms with van der Waals surface area (Å²) in [5.41, 5.74) is 2.05. The first-order valence-corrected chi connectivity index (χ1v) is 7.33. The molecule has 2 aromatic rings. The summed E-state index contributed by atoms with van der Waals surface area (Å²) in [6.07, 6.45) is 0. The standard InChI is InChI=1S/C14H17N3O2S/c1-4-15-12(18)10(3)20-14-17-16-13(19-14)11-7-5-9(2)6-8-11/h5-8,10H,4H2,1-3H3,(H,15,18)/t10-/m1/s1. The minimum absolute atomic E-state index is 0.0346. The quantitative estimate of drug-likeness (QED) is 0.858. The zero-order chi connectivity index (χ0) is 14.5. The molecule has 5 nitrogen and oxygen atoms in total. The Balaban J connectivity index is 2.05. The zero-order valence-corrected chi connectivity index (χ0v) is 12.5. The lowest BCUT2D eigenvalue weighted by molar-refractivity contribution is -0.120. The highest BCUT2D eigenvalue weighted by molar-refractivity contribution is 8.00. The summed E-state index contributed by atoms with van der Waals surface area (Å²) >= 11 is 1.26. The molecule has 1 aromatic carbocycles. The van der Waals surface area contributed by atoms with Gasteiger partial charge in [0.1, 0.15) is 0 Å². The number of aryl methyl sites for hydroxylation is 1. The van der Waals surface area contributed by atoms with E-state index in [1.165, 1.54) is 17.3 Å². The fraction of sp³-hybridized carbons (Fsp3) is 0.357. The normalized spacial score (nSPS) is 12.2. The summed E-state index contributed by atoms with van der Waals surface area (Å²) in [4.78, 5) is 11.6. The van der Waals surface area contributed by atoms with Crippen LogP contribution in [0.3, 0.4) is 0 Å². The van der Waals surface area contributed by atoms with Crippen LogP contribution in [-0.2, 0) is 4.79 Å². The molecule has 0 spiro atoms. The van der Waals surface area contributed by atoms with Crippen molar-refractivity contribution in [2.24, 2.45) is 0 Å². The molecule has 0 aliphatic heterocycles. The fourth-order valence-electron chi connectivity index (χ4n) is 1.59. The van der Waals surface area contributed by atoms with Crippen LogP contribution in [0.5, 0.6) is 0 Å². The first-order valence-electron chi connectivity index (χ1n) is 6.45. The molecule has 106 valence electrons. The smallest absolute Gasteiger partial charge is 0.277 e. The maximum Gasteiger partial charge on any atom is 0.277 e. The minimum atomic E-state index is -0.263. The molecule has 0 aliphatic rings. The van der Waals surface area contributed by atoms with Crippen LogP contribution < -0.4 is 5.32 Å². The average Bonchev–Trinajstić information content (AvgIpc) is 2.88. The second-order valence-electron chi connectivity index (χ2n) is 4.39. The molecule has 6 heteroatoms. The Morgan fingerprint density at radius 3 is 2.70 bits per heavy atom. The summed E-state index contributed by atoms with van der Waals surface area (Å²) in [6.45, 7) is 6.33. The lowest BCUT2D eigenvalue weighted by Gasteiger charge is -2.07. The van der Waals surface area contributed by atoms with Gasteiger partial charge in [-0.25, -0.2) is 0 Å². The number of nitrogens with one attached hydrogen (secondary N) is 1. The predicted molar refractivity (Wildman–Crippen MR) is 78.5 cm³/mol. The third-order valence-corrected chi connectivity index (χ3v) is 3.64. The van der Waals surface area contributed by atoms with Crippen LogP contribution in [0, 0.1) is 6.92 Å². The van der Waals surface area contributed by atoms with Crippen molar-refractivity contribution in [3.63, 3.8) is 0 Å². The van der Waals surface area contributed by atoms with Crippen LogP contribution in [-0.4, -0.2) is 27.9 Å². The van der Waals surface area contributed by atoms with Crippen molar-refractivity contribution in [3.05, 3.63) is 29.8 Å². The molecule has 0 fully saturated rings. The number of benzene rings is 1. The molecule has 0 radical (unpaired) electrons. The number of carbonyl (C=O) groups is 1. The topological polar surface area (TPSA) is 68.0 Å². The number of hydrogen-bond donors (Lipinski definition) is 1. The maximum atomic E-state index is 11.6. The van der Waals surface area contributed by atoms with Gasteiger partial charge in [-0.3, -0.25) is 4.79 Å². The van der Waals surface area contributed by atoms with E-state index in [9.17, 15) is 4.79 Å². The van der Waals surface area contributed by atoms with E-state index in [2.05, 4.69) is 15.5 Å². The molecular formula is C14H17N3O2S. The zero-order valence-electron chi connectivity index (χ0n) is 11.7. The number of nitrogens with zero attached hydrogens (tertiary/aromatic N) is 2. The Hall–Kier alpha value is -1.82. The van der Waals surface area contributed by atoms with E-state index in [-0.39, 0.29) is 11.2 Å². The molecule has 1 atom stereocenters. The van der Waals surface area contributed by atoms with Gasteiger partial charge < -0.3 is 9.73 Å². The predicted octanol–water partition coefficient (Wildman–Crippen LogP) is 2.66. The van der Waals surface area contributed by atoms with Crippen LogP contribution in [0.4, 0.5) is 0 Å². The molecule has 0 saturated carbocycles. The van der Waals surface area contributed by atoms with Crippen molar-refractivity contribution >= 4 is 17.7 Å². The average molecular weight is 291 g/mol. The molecule has 1 heterocycles. The highest BCUT2D eigenvalue weighted by Crippen LogP contribution is 2.26. The molecule has 0 bridgehead atoms. The first-order chi connectivity index (χ1) is 9.60. The number of aromatic nitrogens is 2.